The summed E-state index contributed by atoms with van der Waals surface area (Å²) in [6.07, 6.45) is -3.85. The molecule has 0 aliphatic rings. The van der Waals surface area contributed by atoms with Gasteiger partial charge >= 0.3 is 6.18 Å². The van der Waals surface area contributed by atoms with E-state index in [1.807, 2.05) is 6.92 Å². The number of halogens is 4. The second kappa shape index (κ2) is 6.97. The van der Waals surface area contributed by atoms with Gasteiger partial charge in [0.1, 0.15) is 0 Å². The first-order chi connectivity index (χ1) is 8.90. The zero-order valence-electron chi connectivity index (χ0n) is 10.7. The molecule has 0 aromatic heterocycles. The highest BCUT2D eigenvalue weighted by atomic mass is 79.9. The standard InChI is InChI=1S/C14H15BrF3N/c1-3-5-6-13(19-4-2)11-9-10(14(16,17)18)7-8-12(11)15/h7-9,13,19H,4,6H2,1-2H3. The largest absolute Gasteiger partial charge is 0.416 e. The van der Waals surface area contributed by atoms with Crippen molar-refractivity contribution in [3.05, 3.63) is 33.8 Å². The molecule has 0 amide bonds. The maximum absolute atomic E-state index is 12.7. The molecule has 0 saturated carbocycles. The highest BCUT2D eigenvalue weighted by Crippen LogP contribution is 2.34. The first kappa shape index (κ1) is 16.1. The number of hydrogen-bond donors (Lipinski definition) is 1. The van der Waals surface area contributed by atoms with Crippen molar-refractivity contribution in [1.29, 1.82) is 0 Å². The minimum Gasteiger partial charge on any atom is -0.309 e. The normalized spacial score (nSPS) is 12.7. The van der Waals surface area contributed by atoms with E-state index in [-0.39, 0.29) is 6.04 Å². The third kappa shape index (κ3) is 4.55. The molecule has 0 fully saturated rings. The van der Waals surface area contributed by atoms with Crippen LogP contribution in [-0.2, 0) is 6.18 Å². The molecule has 0 spiro atoms. The van der Waals surface area contributed by atoms with Crippen LogP contribution >= 0.6 is 15.9 Å². The van der Waals surface area contributed by atoms with E-state index in [0.29, 0.717) is 23.0 Å². The molecule has 0 aliphatic heterocycles. The highest BCUT2D eigenvalue weighted by Gasteiger charge is 2.31. The summed E-state index contributed by atoms with van der Waals surface area (Å²) in [6.45, 7) is 4.29. The van der Waals surface area contributed by atoms with Crippen LogP contribution in [0.25, 0.3) is 0 Å². The molecule has 1 nitrogen and oxygen atoms in total. The van der Waals surface area contributed by atoms with Gasteiger partial charge < -0.3 is 5.32 Å². The zero-order valence-corrected chi connectivity index (χ0v) is 12.3. The lowest BCUT2D eigenvalue weighted by Gasteiger charge is -2.19. The quantitative estimate of drug-likeness (QED) is 0.798. The number of hydrogen-bond acceptors (Lipinski definition) is 1. The SMILES string of the molecule is CC#CCC(NCC)c1cc(C(F)(F)F)ccc1Br. The molecule has 19 heavy (non-hydrogen) atoms. The summed E-state index contributed by atoms with van der Waals surface area (Å²) in [5.74, 6) is 5.67. The van der Waals surface area contributed by atoms with E-state index in [9.17, 15) is 13.2 Å². The summed E-state index contributed by atoms with van der Waals surface area (Å²) in [5.41, 5.74) is -0.0579. The van der Waals surface area contributed by atoms with E-state index in [1.165, 1.54) is 12.1 Å². The maximum Gasteiger partial charge on any atom is 0.416 e. The molecular formula is C14H15BrF3N. The molecule has 104 valence electrons. The van der Waals surface area contributed by atoms with Gasteiger partial charge in [-0.05, 0) is 37.2 Å². The smallest absolute Gasteiger partial charge is 0.309 e. The van der Waals surface area contributed by atoms with E-state index in [2.05, 4.69) is 33.1 Å². The summed E-state index contributed by atoms with van der Waals surface area (Å²) >= 11 is 3.30. The van der Waals surface area contributed by atoms with Crippen molar-refractivity contribution in [3.8, 4) is 11.8 Å². The Bertz CT molecular complexity index is 486. The van der Waals surface area contributed by atoms with Crippen molar-refractivity contribution in [3.63, 3.8) is 0 Å². The molecule has 0 bridgehead atoms. The van der Waals surface area contributed by atoms with Crippen LogP contribution in [0.2, 0.25) is 0 Å². The molecule has 1 atom stereocenters. The van der Waals surface area contributed by atoms with E-state index in [1.54, 1.807) is 6.92 Å². The average molecular weight is 334 g/mol. The van der Waals surface area contributed by atoms with Crippen molar-refractivity contribution in [1.82, 2.24) is 5.32 Å². The summed E-state index contributed by atoms with van der Waals surface area (Å²) in [6, 6.07) is 3.47. The van der Waals surface area contributed by atoms with Crippen LogP contribution in [0, 0.1) is 11.8 Å². The van der Waals surface area contributed by atoms with Crippen molar-refractivity contribution < 1.29 is 13.2 Å². The van der Waals surface area contributed by atoms with E-state index >= 15 is 0 Å². The fraction of sp³-hybridized carbons (Fsp3) is 0.429. The zero-order chi connectivity index (χ0) is 14.5. The Kier molecular flexibility index (Phi) is 5.89. The molecule has 1 N–H and O–H groups in total. The molecule has 0 radical (unpaired) electrons. The Morgan fingerprint density at radius 1 is 1.37 bits per heavy atom. The fourth-order valence-corrected chi connectivity index (χ4v) is 2.25. The lowest BCUT2D eigenvalue weighted by atomic mass is 10.0. The molecule has 1 unspecified atom stereocenters. The van der Waals surface area contributed by atoms with Crippen LogP contribution in [0.3, 0.4) is 0 Å². The monoisotopic (exact) mass is 333 g/mol. The number of alkyl halides is 3. The molecular weight excluding hydrogens is 319 g/mol. The van der Waals surface area contributed by atoms with Gasteiger partial charge in [0, 0.05) is 16.9 Å². The summed E-state index contributed by atoms with van der Waals surface area (Å²) in [5, 5.41) is 3.15. The molecule has 1 aromatic carbocycles. The van der Waals surface area contributed by atoms with Crippen molar-refractivity contribution in [2.45, 2.75) is 32.5 Å². The van der Waals surface area contributed by atoms with Crippen LogP contribution in [-0.4, -0.2) is 6.54 Å². The van der Waals surface area contributed by atoms with Gasteiger partial charge in [-0.25, -0.2) is 0 Å². The van der Waals surface area contributed by atoms with Crippen LogP contribution in [0.5, 0.6) is 0 Å². The molecule has 0 saturated heterocycles. The van der Waals surface area contributed by atoms with Gasteiger partial charge in [0.15, 0.2) is 0 Å². The van der Waals surface area contributed by atoms with Crippen molar-refractivity contribution in [2.75, 3.05) is 6.54 Å². The maximum atomic E-state index is 12.7. The number of rotatable bonds is 4. The fourth-order valence-electron chi connectivity index (χ4n) is 1.73. The Morgan fingerprint density at radius 2 is 2.05 bits per heavy atom. The van der Waals surface area contributed by atoms with E-state index in [4.69, 9.17) is 0 Å². The van der Waals surface area contributed by atoms with Crippen LogP contribution < -0.4 is 5.32 Å². The van der Waals surface area contributed by atoms with E-state index in [0.717, 1.165) is 6.07 Å². The van der Waals surface area contributed by atoms with Crippen molar-refractivity contribution in [2.24, 2.45) is 0 Å². The second-order valence-electron chi connectivity index (χ2n) is 3.98. The molecule has 1 rings (SSSR count). The summed E-state index contributed by atoms with van der Waals surface area (Å²) < 4.78 is 38.9. The first-order valence-corrected chi connectivity index (χ1v) is 6.69. The van der Waals surface area contributed by atoms with Gasteiger partial charge in [-0.2, -0.15) is 13.2 Å². The third-order valence-electron chi connectivity index (χ3n) is 2.63. The number of benzene rings is 1. The molecule has 5 heteroatoms. The minimum atomic E-state index is -4.33. The molecule has 1 aromatic rings. The Balaban J connectivity index is 3.16. The van der Waals surface area contributed by atoms with Crippen LogP contribution in [0.15, 0.2) is 22.7 Å². The van der Waals surface area contributed by atoms with Crippen molar-refractivity contribution >= 4 is 15.9 Å². The Hall–Kier alpha value is -0.990. The Labute approximate surface area is 119 Å². The lowest BCUT2D eigenvalue weighted by Crippen LogP contribution is -2.21. The third-order valence-corrected chi connectivity index (χ3v) is 3.35. The predicted octanol–water partition coefficient (Wildman–Crippen LogP) is 4.53. The Morgan fingerprint density at radius 3 is 2.58 bits per heavy atom. The van der Waals surface area contributed by atoms with Crippen LogP contribution in [0.1, 0.15) is 37.4 Å². The second-order valence-corrected chi connectivity index (χ2v) is 4.83. The molecule has 0 aliphatic carbocycles. The van der Waals surface area contributed by atoms with E-state index < -0.39 is 11.7 Å². The highest BCUT2D eigenvalue weighted by molar-refractivity contribution is 9.10. The summed E-state index contributed by atoms with van der Waals surface area (Å²) in [4.78, 5) is 0. The topological polar surface area (TPSA) is 12.0 Å². The average Bonchev–Trinajstić information content (AvgIpc) is 2.34. The van der Waals surface area contributed by atoms with Gasteiger partial charge in [-0.3, -0.25) is 0 Å². The van der Waals surface area contributed by atoms with Gasteiger partial charge in [-0.1, -0.05) is 22.9 Å². The number of nitrogens with one attached hydrogen (secondary N) is 1. The lowest BCUT2D eigenvalue weighted by molar-refractivity contribution is -0.137. The summed E-state index contributed by atoms with van der Waals surface area (Å²) in [7, 11) is 0. The molecule has 0 heterocycles. The van der Waals surface area contributed by atoms with Gasteiger partial charge in [0.05, 0.1) is 5.56 Å². The van der Waals surface area contributed by atoms with Crippen LogP contribution in [0.4, 0.5) is 13.2 Å². The first-order valence-electron chi connectivity index (χ1n) is 5.89. The van der Waals surface area contributed by atoms with Gasteiger partial charge in [0.25, 0.3) is 0 Å². The van der Waals surface area contributed by atoms with Gasteiger partial charge in [0.2, 0.25) is 0 Å². The minimum absolute atomic E-state index is 0.214. The van der Waals surface area contributed by atoms with Gasteiger partial charge in [-0.15, -0.1) is 11.8 Å². The predicted molar refractivity (Wildman–Crippen MR) is 73.6 cm³/mol.